The molecule has 3 atom stereocenters. The van der Waals surface area contributed by atoms with E-state index in [0.717, 1.165) is 57.8 Å². The van der Waals surface area contributed by atoms with Gasteiger partial charge in [0.1, 0.15) is 18.1 Å². The molecule has 51 heavy (non-hydrogen) atoms. The van der Waals surface area contributed by atoms with E-state index in [4.69, 9.17) is 5.11 Å². The Labute approximate surface area is 300 Å². The van der Waals surface area contributed by atoms with E-state index in [1.54, 1.807) is 6.92 Å². The summed E-state index contributed by atoms with van der Waals surface area (Å²) < 4.78 is 0. The fourth-order valence-electron chi connectivity index (χ4n) is 5.37. The second-order valence-corrected chi connectivity index (χ2v) is 12.8. The summed E-state index contributed by atoms with van der Waals surface area (Å²) in [6.45, 7) is 2.06. The second kappa shape index (κ2) is 29.5. The van der Waals surface area contributed by atoms with Crippen molar-refractivity contribution >= 4 is 47.5 Å². The first-order valence-corrected chi connectivity index (χ1v) is 18.3. The maximum atomic E-state index is 12.4. The zero-order chi connectivity index (χ0) is 38.4. The first kappa shape index (κ1) is 46.8. The third-order valence-corrected chi connectivity index (χ3v) is 8.30. The van der Waals surface area contributed by atoms with Crippen LogP contribution in [0.2, 0.25) is 0 Å². The lowest BCUT2D eigenvalue weighted by Gasteiger charge is -2.18. The zero-order valence-corrected chi connectivity index (χ0v) is 30.1. The number of rotatable bonds is 33. The summed E-state index contributed by atoms with van der Waals surface area (Å²) in [6, 6.07) is -4.21. The summed E-state index contributed by atoms with van der Waals surface area (Å²) >= 11 is 0. The standard InChI is InChI=1S/C35H60N4O12/c1-2-36-28(40)22-19-25(33(46)47)38-30(42)24-21-27(35(50)51)39-31(43)23-20-26(34(48)49)37-29(41)17-15-13-11-9-7-5-3-4-6-8-10-12-14-16-18-32(44)45/h25-27H,2-24H2,1H3,(H,36,40)(H,37,41)(H,38,42)(H,39,43)(H,44,45)(H,46,47)(H,48,49)(H,50,51)/t25-,26-,27-/m0/s1. The van der Waals surface area contributed by atoms with Gasteiger partial charge in [0.2, 0.25) is 23.6 Å². The molecular weight excluding hydrogens is 668 g/mol. The normalized spacial score (nSPS) is 12.6. The molecule has 0 aromatic rings. The number of hydrogen-bond acceptors (Lipinski definition) is 8. The van der Waals surface area contributed by atoms with Crippen LogP contribution in [0, 0.1) is 0 Å². The molecule has 0 aliphatic rings. The summed E-state index contributed by atoms with van der Waals surface area (Å²) in [5.41, 5.74) is 0. The predicted octanol–water partition coefficient (Wildman–Crippen LogP) is 3.50. The Hall–Kier alpha value is -4.24. The highest BCUT2D eigenvalue weighted by molar-refractivity contribution is 5.87. The molecule has 0 unspecified atom stereocenters. The first-order chi connectivity index (χ1) is 24.3. The average molecular weight is 729 g/mol. The Bertz CT molecular complexity index is 1100. The van der Waals surface area contributed by atoms with E-state index in [1.807, 2.05) is 0 Å². The smallest absolute Gasteiger partial charge is 0.326 e. The molecular formula is C35H60N4O12. The molecule has 0 aliphatic heterocycles. The molecule has 0 aliphatic carbocycles. The summed E-state index contributed by atoms with van der Waals surface area (Å²) in [5, 5.41) is 46.3. The van der Waals surface area contributed by atoms with Crippen molar-refractivity contribution in [2.45, 2.75) is 166 Å². The van der Waals surface area contributed by atoms with Crippen LogP contribution < -0.4 is 21.3 Å². The van der Waals surface area contributed by atoms with E-state index >= 15 is 0 Å². The topological polar surface area (TPSA) is 266 Å². The zero-order valence-electron chi connectivity index (χ0n) is 30.1. The third-order valence-electron chi connectivity index (χ3n) is 8.30. The molecule has 0 fully saturated rings. The Morgan fingerprint density at radius 1 is 0.392 bits per heavy atom. The van der Waals surface area contributed by atoms with Gasteiger partial charge in [-0.25, -0.2) is 14.4 Å². The van der Waals surface area contributed by atoms with Crippen LogP contribution in [-0.2, 0) is 38.4 Å². The van der Waals surface area contributed by atoms with Gasteiger partial charge in [-0.15, -0.1) is 0 Å². The maximum absolute atomic E-state index is 12.4. The lowest BCUT2D eigenvalue weighted by Crippen LogP contribution is -2.45. The van der Waals surface area contributed by atoms with Crippen LogP contribution in [0.3, 0.4) is 0 Å². The molecule has 0 rings (SSSR count). The van der Waals surface area contributed by atoms with E-state index in [9.17, 15) is 53.7 Å². The fourth-order valence-corrected chi connectivity index (χ4v) is 5.37. The minimum atomic E-state index is -1.50. The molecule has 16 nitrogen and oxygen atoms in total. The quantitative estimate of drug-likeness (QED) is 0.0452. The molecule has 8 N–H and O–H groups in total. The number of aliphatic carboxylic acids is 4. The second-order valence-electron chi connectivity index (χ2n) is 12.8. The third kappa shape index (κ3) is 27.2. The van der Waals surface area contributed by atoms with Crippen LogP contribution in [0.15, 0.2) is 0 Å². The molecule has 0 heterocycles. The number of carbonyl (C=O) groups excluding carboxylic acids is 4. The number of hydrogen-bond donors (Lipinski definition) is 8. The van der Waals surface area contributed by atoms with E-state index in [-0.39, 0.29) is 44.4 Å². The average Bonchev–Trinajstić information content (AvgIpc) is 3.06. The number of unbranched alkanes of at least 4 members (excludes halogenated alkanes) is 13. The van der Waals surface area contributed by atoms with Crippen LogP contribution in [-0.4, -0.2) is 92.6 Å². The van der Waals surface area contributed by atoms with Gasteiger partial charge in [0.15, 0.2) is 0 Å². The summed E-state index contributed by atoms with van der Waals surface area (Å²) in [5.74, 6) is -7.28. The molecule has 4 amide bonds. The lowest BCUT2D eigenvalue weighted by atomic mass is 10.0. The number of carboxylic acids is 4. The Morgan fingerprint density at radius 3 is 0.961 bits per heavy atom. The summed E-state index contributed by atoms with van der Waals surface area (Å²) in [7, 11) is 0. The molecule has 0 spiro atoms. The van der Waals surface area contributed by atoms with Crippen LogP contribution in [0.5, 0.6) is 0 Å². The minimum Gasteiger partial charge on any atom is -0.481 e. The van der Waals surface area contributed by atoms with Crippen molar-refractivity contribution in [2.24, 2.45) is 0 Å². The number of amides is 4. The number of nitrogens with one attached hydrogen (secondary N) is 4. The van der Waals surface area contributed by atoms with Crippen molar-refractivity contribution in [2.75, 3.05) is 6.54 Å². The van der Waals surface area contributed by atoms with Gasteiger partial charge in [-0.2, -0.15) is 0 Å². The highest BCUT2D eigenvalue weighted by Gasteiger charge is 2.26. The minimum absolute atomic E-state index is 0.138. The van der Waals surface area contributed by atoms with Crippen molar-refractivity contribution in [3.63, 3.8) is 0 Å². The van der Waals surface area contributed by atoms with E-state index < -0.39 is 72.6 Å². The monoisotopic (exact) mass is 728 g/mol. The molecule has 0 radical (unpaired) electrons. The predicted molar refractivity (Wildman–Crippen MR) is 187 cm³/mol. The Kier molecular flexibility index (Phi) is 27.0. The van der Waals surface area contributed by atoms with Crippen molar-refractivity contribution in [3.05, 3.63) is 0 Å². The van der Waals surface area contributed by atoms with Crippen molar-refractivity contribution in [1.82, 2.24) is 21.3 Å². The van der Waals surface area contributed by atoms with E-state index in [2.05, 4.69) is 21.3 Å². The van der Waals surface area contributed by atoms with Gasteiger partial charge in [-0.1, -0.05) is 77.0 Å². The van der Waals surface area contributed by atoms with Gasteiger partial charge in [-0.3, -0.25) is 24.0 Å². The molecule has 0 saturated carbocycles. The Balaban J connectivity index is 4.27. The van der Waals surface area contributed by atoms with Crippen molar-refractivity contribution in [3.8, 4) is 0 Å². The largest absolute Gasteiger partial charge is 0.481 e. The summed E-state index contributed by atoms with van der Waals surface area (Å²) in [6.07, 6.45) is 13.1. The van der Waals surface area contributed by atoms with Crippen LogP contribution in [0.4, 0.5) is 0 Å². The van der Waals surface area contributed by atoms with Gasteiger partial charge < -0.3 is 41.7 Å². The van der Waals surface area contributed by atoms with Gasteiger partial charge in [-0.05, 0) is 39.0 Å². The Morgan fingerprint density at radius 2 is 0.667 bits per heavy atom. The summed E-state index contributed by atoms with van der Waals surface area (Å²) in [4.78, 5) is 93.9. The van der Waals surface area contributed by atoms with Gasteiger partial charge >= 0.3 is 23.9 Å². The first-order valence-electron chi connectivity index (χ1n) is 18.3. The highest BCUT2D eigenvalue weighted by Crippen LogP contribution is 2.14. The molecule has 0 aromatic heterocycles. The van der Waals surface area contributed by atoms with E-state index in [0.29, 0.717) is 13.0 Å². The van der Waals surface area contributed by atoms with Crippen LogP contribution in [0.1, 0.15) is 148 Å². The number of carbonyl (C=O) groups is 8. The van der Waals surface area contributed by atoms with Gasteiger partial charge in [0.05, 0.1) is 0 Å². The lowest BCUT2D eigenvalue weighted by molar-refractivity contribution is -0.144. The maximum Gasteiger partial charge on any atom is 0.326 e. The molecule has 0 saturated heterocycles. The number of carboxylic acid groups (broad SMARTS) is 4. The van der Waals surface area contributed by atoms with Crippen LogP contribution >= 0.6 is 0 Å². The molecule has 292 valence electrons. The van der Waals surface area contributed by atoms with Gasteiger partial charge in [0.25, 0.3) is 0 Å². The fraction of sp³-hybridized carbons (Fsp3) is 0.771. The SMILES string of the molecule is CCNC(=O)CC[C@H](NC(=O)CC[C@H](NC(=O)CC[C@H](NC(=O)CCCCCCCCCCCCCCCCC(=O)O)C(=O)O)C(=O)O)C(=O)O. The van der Waals surface area contributed by atoms with Crippen LogP contribution in [0.25, 0.3) is 0 Å². The molecule has 0 aromatic carbocycles. The highest BCUT2D eigenvalue weighted by atomic mass is 16.4. The van der Waals surface area contributed by atoms with Crippen molar-refractivity contribution in [1.29, 1.82) is 0 Å². The van der Waals surface area contributed by atoms with Crippen molar-refractivity contribution < 1.29 is 58.8 Å². The molecule has 0 bridgehead atoms. The van der Waals surface area contributed by atoms with E-state index in [1.165, 1.54) is 25.7 Å². The van der Waals surface area contributed by atoms with Gasteiger partial charge in [0, 0.05) is 38.6 Å². The molecule has 16 heteroatoms.